The zero-order valence-electron chi connectivity index (χ0n) is 25.1. The summed E-state index contributed by atoms with van der Waals surface area (Å²) in [6.45, 7) is 2.28. The molecule has 1 aromatic heterocycles. The zero-order chi connectivity index (χ0) is 30.6. The predicted molar refractivity (Wildman–Crippen MR) is 163 cm³/mol. The van der Waals surface area contributed by atoms with E-state index in [0.29, 0.717) is 24.4 Å². The number of aromatic nitrogens is 3. The molecule has 232 valence electrons. The van der Waals surface area contributed by atoms with Crippen LogP contribution in [0, 0.1) is 5.82 Å². The lowest BCUT2D eigenvalue weighted by Gasteiger charge is -2.48. The van der Waals surface area contributed by atoms with Crippen molar-refractivity contribution >= 4 is 5.69 Å². The fourth-order valence-corrected chi connectivity index (χ4v) is 5.81. The number of benzene rings is 3. The van der Waals surface area contributed by atoms with Crippen LogP contribution in [-0.2, 0) is 14.2 Å². The van der Waals surface area contributed by atoms with Crippen LogP contribution in [0.2, 0.25) is 0 Å². The molecule has 0 saturated carbocycles. The van der Waals surface area contributed by atoms with Crippen LogP contribution in [0.3, 0.4) is 0 Å². The van der Waals surface area contributed by atoms with E-state index in [2.05, 4.69) is 20.1 Å². The molecule has 4 aromatic rings. The van der Waals surface area contributed by atoms with Gasteiger partial charge in [0.25, 0.3) is 0 Å². The summed E-state index contributed by atoms with van der Waals surface area (Å²) in [5.41, 5.74) is 3.06. The highest BCUT2D eigenvalue weighted by Crippen LogP contribution is 2.39. The number of anilines is 1. The van der Waals surface area contributed by atoms with Gasteiger partial charge in [0, 0.05) is 43.5 Å². The maximum atomic E-state index is 14.0. The Morgan fingerprint density at radius 2 is 1.80 bits per heavy atom. The number of ether oxygens (including phenoxy) is 4. The highest BCUT2D eigenvalue weighted by Gasteiger charge is 2.51. The minimum absolute atomic E-state index is 0.291. The fraction of sp³-hybridized carbons (Fsp3) is 0.394. The van der Waals surface area contributed by atoms with Crippen LogP contribution in [0.25, 0.3) is 11.3 Å². The third-order valence-corrected chi connectivity index (χ3v) is 8.31. The van der Waals surface area contributed by atoms with Gasteiger partial charge in [-0.15, -0.1) is 5.10 Å². The summed E-state index contributed by atoms with van der Waals surface area (Å²) in [5.74, 6) is 0.458. The van der Waals surface area contributed by atoms with Crippen LogP contribution >= 0.6 is 0 Å². The number of halogens is 1. The quantitative estimate of drug-likeness (QED) is 0.289. The molecule has 2 aliphatic rings. The zero-order valence-corrected chi connectivity index (χ0v) is 25.1. The molecule has 10 nitrogen and oxygen atoms in total. The number of aliphatic hydroxyl groups excluding tert-OH is 1. The van der Waals surface area contributed by atoms with Gasteiger partial charge in [-0.2, -0.15) is 0 Å². The van der Waals surface area contributed by atoms with Gasteiger partial charge in [-0.25, -0.2) is 9.07 Å². The maximum absolute atomic E-state index is 14.0. The van der Waals surface area contributed by atoms with Crippen molar-refractivity contribution in [3.8, 4) is 17.0 Å². The van der Waals surface area contributed by atoms with Gasteiger partial charge < -0.3 is 33.9 Å². The molecule has 0 amide bonds. The molecule has 1 unspecified atom stereocenters. The third kappa shape index (κ3) is 6.62. The minimum Gasteiger partial charge on any atom is -0.497 e. The third-order valence-electron chi connectivity index (χ3n) is 8.31. The Morgan fingerprint density at radius 3 is 2.55 bits per heavy atom. The highest BCUT2D eigenvalue weighted by atomic mass is 19.1. The van der Waals surface area contributed by atoms with Crippen LogP contribution in [0.15, 0.2) is 85.1 Å². The van der Waals surface area contributed by atoms with Crippen LogP contribution in [0.4, 0.5) is 10.1 Å². The average molecular weight is 604 g/mol. The molecule has 11 heteroatoms. The number of likely N-dealkylation sites (N-methyl/N-ethyl adjacent to an activating group) is 2. The molecule has 6 rings (SSSR count). The second kappa shape index (κ2) is 13.4. The molecule has 6 atom stereocenters. The summed E-state index contributed by atoms with van der Waals surface area (Å²) >= 11 is 0. The van der Waals surface area contributed by atoms with E-state index in [1.165, 1.54) is 12.1 Å². The Hall–Kier alpha value is -3.87. The smallest absolute Gasteiger partial charge is 0.184 e. The van der Waals surface area contributed by atoms with Crippen molar-refractivity contribution in [3.63, 3.8) is 0 Å². The van der Waals surface area contributed by atoms with E-state index in [1.807, 2.05) is 68.7 Å². The summed E-state index contributed by atoms with van der Waals surface area (Å²) in [7, 11) is 5.71. The van der Waals surface area contributed by atoms with Crippen molar-refractivity contribution in [1.29, 1.82) is 0 Å². The summed E-state index contributed by atoms with van der Waals surface area (Å²) in [5, 5.41) is 20.5. The van der Waals surface area contributed by atoms with E-state index in [9.17, 15) is 9.50 Å². The van der Waals surface area contributed by atoms with E-state index in [-0.39, 0.29) is 5.82 Å². The number of hydrogen-bond donors (Lipinski definition) is 1. The minimum atomic E-state index is -0.963. The predicted octanol–water partition coefficient (Wildman–Crippen LogP) is 3.94. The fourth-order valence-electron chi connectivity index (χ4n) is 5.81. The molecule has 1 N–H and O–H groups in total. The van der Waals surface area contributed by atoms with E-state index in [0.717, 1.165) is 30.1 Å². The van der Waals surface area contributed by atoms with Gasteiger partial charge >= 0.3 is 0 Å². The number of nitrogens with zero attached hydrogens (tertiary/aromatic N) is 5. The Bertz CT molecular complexity index is 1510. The van der Waals surface area contributed by atoms with Crippen molar-refractivity contribution < 1.29 is 28.4 Å². The van der Waals surface area contributed by atoms with Crippen LogP contribution in [0.1, 0.15) is 17.9 Å². The molecule has 3 aromatic carbocycles. The average Bonchev–Trinajstić information content (AvgIpc) is 3.54. The van der Waals surface area contributed by atoms with Crippen molar-refractivity contribution in [1.82, 2.24) is 19.9 Å². The van der Waals surface area contributed by atoms with Gasteiger partial charge in [-0.1, -0.05) is 47.7 Å². The number of aliphatic hydroxyl groups is 1. The number of fused-ring (bicyclic) bond motifs is 1. The number of methoxy groups -OCH3 is 1. The topological polar surface area (TPSA) is 94.3 Å². The molecule has 0 spiro atoms. The molecular formula is C33H38FN5O5. The SMILES string of the molecule is COc1ccc(N(C)CCN(C)C[C@@H]2O[C@@H]3COC(c4ccccc4)O[C@@H]3[C@H](n3cc(-c4cccc(F)c4)nn3)[C@H]2O)cc1. The Morgan fingerprint density at radius 1 is 1.00 bits per heavy atom. The molecular weight excluding hydrogens is 565 g/mol. The van der Waals surface area contributed by atoms with Crippen LogP contribution in [0.5, 0.6) is 5.75 Å². The van der Waals surface area contributed by atoms with Crippen LogP contribution in [-0.4, -0.2) is 96.9 Å². The van der Waals surface area contributed by atoms with E-state index in [1.54, 1.807) is 30.1 Å². The van der Waals surface area contributed by atoms with Crippen molar-refractivity contribution in [3.05, 3.63) is 96.4 Å². The molecule has 2 aliphatic heterocycles. The van der Waals surface area contributed by atoms with E-state index < -0.39 is 36.7 Å². The normalized spacial score (nSPS) is 25.0. The first-order chi connectivity index (χ1) is 21.4. The lowest BCUT2D eigenvalue weighted by atomic mass is 9.91. The second-order valence-corrected chi connectivity index (χ2v) is 11.3. The summed E-state index contributed by atoms with van der Waals surface area (Å²) in [6.07, 6.45) is -1.39. The maximum Gasteiger partial charge on any atom is 0.184 e. The van der Waals surface area contributed by atoms with Crippen molar-refractivity contribution in [2.75, 3.05) is 52.3 Å². The summed E-state index contributed by atoms with van der Waals surface area (Å²) in [4.78, 5) is 4.31. The van der Waals surface area contributed by atoms with Gasteiger partial charge in [-0.05, 0) is 43.4 Å². The molecule has 0 radical (unpaired) electrons. The number of hydrogen-bond acceptors (Lipinski definition) is 9. The lowest BCUT2D eigenvalue weighted by molar-refractivity contribution is -0.317. The standard InChI is InChI=1S/C33H38FN5O5/c1-37(16-17-38(2)25-12-14-26(41-3)15-13-25)20-28-31(40)30(39-19-27(35-36-39)23-10-7-11-24(34)18-23)32-29(43-28)21-42-33(44-32)22-8-5-4-6-9-22/h4-15,18-19,28-33,40H,16-17,20-21H2,1-3H3/t28-,29+,30+,31-,32-,33?/m0/s1. The van der Waals surface area contributed by atoms with Gasteiger partial charge in [0.2, 0.25) is 0 Å². The molecule has 0 aliphatic carbocycles. The van der Waals surface area contributed by atoms with Gasteiger partial charge in [0.1, 0.15) is 41.6 Å². The Balaban J connectivity index is 1.19. The second-order valence-electron chi connectivity index (χ2n) is 11.3. The summed E-state index contributed by atoms with van der Waals surface area (Å²) in [6, 6.07) is 23.2. The molecule has 2 saturated heterocycles. The van der Waals surface area contributed by atoms with Crippen molar-refractivity contribution in [2.45, 2.75) is 36.7 Å². The van der Waals surface area contributed by atoms with E-state index in [4.69, 9.17) is 18.9 Å². The Labute approximate surface area is 256 Å². The Kier molecular flexibility index (Phi) is 9.20. The van der Waals surface area contributed by atoms with Crippen molar-refractivity contribution in [2.24, 2.45) is 0 Å². The monoisotopic (exact) mass is 603 g/mol. The molecule has 0 bridgehead atoms. The number of rotatable bonds is 10. The molecule has 3 heterocycles. The molecule has 44 heavy (non-hydrogen) atoms. The van der Waals surface area contributed by atoms with Gasteiger partial charge in [0.05, 0.1) is 26.0 Å². The highest BCUT2D eigenvalue weighted by molar-refractivity contribution is 5.57. The first-order valence-electron chi connectivity index (χ1n) is 14.8. The van der Waals surface area contributed by atoms with E-state index >= 15 is 0 Å². The van der Waals surface area contributed by atoms with Crippen LogP contribution < -0.4 is 9.64 Å². The first-order valence-corrected chi connectivity index (χ1v) is 14.8. The van der Waals surface area contributed by atoms with Gasteiger partial charge in [-0.3, -0.25) is 0 Å². The first kappa shape index (κ1) is 30.2. The lowest BCUT2D eigenvalue weighted by Crippen LogP contribution is -2.61. The van der Waals surface area contributed by atoms with Gasteiger partial charge in [0.15, 0.2) is 6.29 Å². The summed E-state index contributed by atoms with van der Waals surface area (Å²) < 4.78 is 39.9. The molecule has 2 fully saturated rings. The largest absolute Gasteiger partial charge is 0.497 e.